The van der Waals surface area contributed by atoms with Gasteiger partial charge in [0.1, 0.15) is 6.54 Å². The van der Waals surface area contributed by atoms with Crippen molar-refractivity contribution in [1.29, 1.82) is 0 Å². The number of hydrogen-bond acceptors (Lipinski definition) is 3. The third kappa shape index (κ3) is 8.70. The van der Waals surface area contributed by atoms with Crippen LogP contribution in [0.15, 0.2) is 17.1 Å². The van der Waals surface area contributed by atoms with Crippen LogP contribution in [0.2, 0.25) is 0 Å². The first-order chi connectivity index (χ1) is 12.0. The largest absolute Gasteiger partial charge is 0.382 e. The zero-order chi connectivity index (χ0) is 18.7. The molecule has 1 aromatic rings. The molecule has 1 amide bonds. The van der Waals surface area contributed by atoms with E-state index < -0.39 is 29.0 Å². The van der Waals surface area contributed by atoms with Crippen molar-refractivity contribution in [2.75, 3.05) is 38.2 Å². The number of hydrogen-bond donors (Lipinski definition) is 3. The molecule has 0 radical (unpaired) electrons. The zero-order valence-electron chi connectivity index (χ0n) is 14.7. The minimum atomic E-state index is -1.63. The number of halogens is 4. The van der Waals surface area contributed by atoms with Crippen molar-refractivity contribution in [3.8, 4) is 0 Å². The molecule has 148 valence electrons. The molecular weight excluding hydrogens is 464 g/mol. The van der Waals surface area contributed by atoms with Gasteiger partial charge in [-0.3, -0.25) is 4.79 Å². The second-order valence-corrected chi connectivity index (χ2v) is 4.94. The van der Waals surface area contributed by atoms with Gasteiger partial charge in [-0.05, 0) is 32.4 Å². The number of aliphatic imine (C=N–C) groups is 1. The molecule has 0 bridgehead atoms. The van der Waals surface area contributed by atoms with Gasteiger partial charge in [0.15, 0.2) is 23.4 Å². The number of ether oxygens (including phenoxy) is 1. The molecule has 6 nitrogen and oxygen atoms in total. The number of anilines is 1. The molecule has 0 spiro atoms. The molecule has 0 saturated carbocycles. The molecule has 0 fully saturated rings. The fourth-order valence-electron chi connectivity index (χ4n) is 1.83. The number of guanidine groups is 1. The Bertz CT molecular complexity index is 603. The average molecular weight is 488 g/mol. The average Bonchev–Trinajstić information content (AvgIpc) is 2.60. The third-order valence-electron chi connectivity index (χ3n) is 3.00. The van der Waals surface area contributed by atoms with Crippen molar-refractivity contribution in [3.63, 3.8) is 0 Å². The molecule has 0 unspecified atom stereocenters. The Balaban J connectivity index is 0.00000625. The summed E-state index contributed by atoms with van der Waals surface area (Å²) >= 11 is 0. The zero-order valence-corrected chi connectivity index (χ0v) is 17.0. The standard InChI is InChI=1S/C16H23F3N4O2.HI/c1-3-20-16(21-8-5-9-25-4-2)22-10-13(24)23-12-7-6-11(17)14(18)15(12)19;/h6-7H,3-5,8-10H2,1-2H3,(H,23,24)(H2,20,21,22);1H. The highest BCUT2D eigenvalue weighted by Crippen LogP contribution is 2.19. The monoisotopic (exact) mass is 488 g/mol. The summed E-state index contributed by atoms with van der Waals surface area (Å²) in [6, 6.07) is 1.69. The summed E-state index contributed by atoms with van der Waals surface area (Å²) in [5.41, 5.74) is -0.436. The van der Waals surface area contributed by atoms with E-state index in [0.29, 0.717) is 32.3 Å². The van der Waals surface area contributed by atoms with Gasteiger partial charge in [0, 0.05) is 26.3 Å². The van der Waals surface area contributed by atoms with Crippen molar-refractivity contribution in [3.05, 3.63) is 29.6 Å². The highest BCUT2D eigenvalue weighted by Gasteiger charge is 2.15. The van der Waals surface area contributed by atoms with Crippen molar-refractivity contribution in [1.82, 2.24) is 10.6 Å². The van der Waals surface area contributed by atoms with E-state index in [-0.39, 0.29) is 30.5 Å². The molecule has 0 saturated heterocycles. The molecular formula is C16H24F3IN4O2. The van der Waals surface area contributed by atoms with Gasteiger partial charge in [0.25, 0.3) is 0 Å². The third-order valence-corrected chi connectivity index (χ3v) is 3.00. The van der Waals surface area contributed by atoms with Gasteiger partial charge < -0.3 is 20.7 Å². The summed E-state index contributed by atoms with van der Waals surface area (Å²) < 4.78 is 44.7. The first-order valence-electron chi connectivity index (χ1n) is 8.02. The number of amides is 1. The van der Waals surface area contributed by atoms with Crippen molar-refractivity contribution >= 4 is 41.5 Å². The highest BCUT2D eigenvalue weighted by atomic mass is 127. The predicted molar refractivity (Wildman–Crippen MR) is 105 cm³/mol. The summed E-state index contributed by atoms with van der Waals surface area (Å²) in [5, 5.41) is 8.13. The Morgan fingerprint density at radius 1 is 1.15 bits per heavy atom. The Hall–Kier alpha value is -1.56. The van der Waals surface area contributed by atoms with E-state index in [2.05, 4.69) is 20.9 Å². The minimum Gasteiger partial charge on any atom is -0.382 e. The molecule has 1 aromatic carbocycles. The van der Waals surface area contributed by atoms with Crippen LogP contribution in [-0.2, 0) is 9.53 Å². The molecule has 3 N–H and O–H groups in total. The first kappa shape index (κ1) is 24.4. The van der Waals surface area contributed by atoms with Crippen LogP contribution in [0.3, 0.4) is 0 Å². The van der Waals surface area contributed by atoms with E-state index >= 15 is 0 Å². The smallest absolute Gasteiger partial charge is 0.246 e. The molecule has 0 aromatic heterocycles. The maximum Gasteiger partial charge on any atom is 0.246 e. The van der Waals surface area contributed by atoms with Crippen LogP contribution in [0.5, 0.6) is 0 Å². The lowest BCUT2D eigenvalue weighted by atomic mass is 10.3. The topological polar surface area (TPSA) is 74.8 Å². The van der Waals surface area contributed by atoms with Crippen LogP contribution in [-0.4, -0.2) is 44.7 Å². The van der Waals surface area contributed by atoms with Crippen molar-refractivity contribution < 1.29 is 22.7 Å². The lowest BCUT2D eigenvalue weighted by molar-refractivity contribution is -0.114. The molecule has 0 heterocycles. The van der Waals surface area contributed by atoms with Gasteiger partial charge in [-0.2, -0.15) is 0 Å². The van der Waals surface area contributed by atoms with Crippen LogP contribution in [0.25, 0.3) is 0 Å². The summed E-state index contributed by atoms with van der Waals surface area (Å²) in [5.74, 6) is -4.64. The Morgan fingerprint density at radius 3 is 2.54 bits per heavy atom. The maximum absolute atomic E-state index is 13.5. The van der Waals surface area contributed by atoms with Gasteiger partial charge >= 0.3 is 0 Å². The van der Waals surface area contributed by atoms with E-state index in [4.69, 9.17) is 4.74 Å². The second-order valence-electron chi connectivity index (χ2n) is 4.94. The minimum absolute atomic E-state index is 0. The second kappa shape index (κ2) is 13.6. The van der Waals surface area contributed by atoms with Gasteiger partial charge in [-0.1, -0.05) is 0 Å². The summed E-state index contributed by atoms with van der Waals surface area (Å²) in [6.45, 7) is 5.93. The van der Waals surface area contributed by atoms with Gasteiger partial charge in [0.05, 0.1) is 5.69 Å². The normalized spacial score (nSPS) is 10.9. The van der Waals surface area contributed by atoms with Crippen LogP contribution < -0.4 is 16.0 Å². The lowest BCUT2D eigenvalue weighted by Crippen LogP contribution is -2.38. The number of rotatable bonds is 9. The fraction of sp³-hybridized carbons (Fsp3) is 0.500. The van der Waals surface area contributed by atoms with Crippen LogP contribution >= 0.6 is 24.0 Å². The molecule has 26 heavy (non-hydrogen) atoms. The Morgan fingerprint density at radius 2 is 1.88 bits per heavy atom. The summed E-state index contributed by atoms with van der Waals surface area (Å²) in [7, 11) is 0. The van der Waals surface area contributed by atoms with Gasteiger partial charge in [-0.25, -0.2) is 18.2 Å². The fourth-order valence-corrected chi connectivity index (χ4v) is 1.83. The number of nitrogens with zero attached hydrogens (tertiary/aromatic N) is 1. The lowest BCUT2D eigenvalue weighted by Gasteiger charge is -2.11. The summed E-state index contributed by atoms with van der Waals surface area (Å²) in [6.07, 6.45) is 0.768. The number of carbonyl (C=O) groups is 1. The predicted octanol–water partition coefficient (Wildman–Crippen LogP) is 2.64. The molecule has 0 aliphatic heterocycles. The SMILES string of the molecule is CCNC(=NCC(=O)Nc1ccc(F)c(F)c1F)NCCCOCC.I. The van der Waals surface area contributed by atoms with E-state index in [0.717, 1.165) is 18.6 Å². The summed E-state index contributed by atoms with van der Waals surface area (Å²) in [4.78, 5) is 15.9. The molecule has 0 atom stereocenters. The Kier molecular flexibility index (Phi) is 12.8. The number of carbonyl (C=O) groups excluding carboxylic acids is 1. The van der Waals surface area contributed by atoms with Gasteiger partial charge in [0.2, 0.25) is 5.91 Å². The molecule has 10 heteroatoms. The first-order valence-corrected chi connectivity index (χ1v) is 8.02. The van der Waals surface area contributed by atoms with E-state index in [1.807, 2.05) is 13.8 Å². The number of nitrogens with one attached hydrogen (secondary N) is 3. The van der Waals surface area contributed by atoms with Crippen LogP contribution in [0.4, 0.5) is 18.9 Å². The molecule has 0 aliphatic rings. The molecule has 1 rings (SSSR count). The van der Waals surface area contributed by atoms with Gasteiger partial charge in [-0.15, -0.1) is 24.0 Å². The van der Waals surface area contributed by atoms with Crippen LogP contribution in [0, 0.1) is 17.5 Å². The quantitative estimate of drug-likeness (QED) is 0.164. The van der Waals surface area contributed by atoms with Crippen LogP contribution in [0.1, 0.15) is 20.3 Å². The van der Waals surface area contributed by atoms with E-state index in [9.17, 15) is 18.0 Å². The Labute approximate surface area is 168 Å². The van der Waals surface area contributed by atoms with Crippen molar-refractivity contribution in [2.45, 2.75) is 20.3 Å². The van der Waals surface area contributed by atoms with E-state index in [1.165, 1.54) is 0 Å². The van der Waals surface area contributed by atoms with E-state index in [1.54, 1.807) is 0 Å². The maximum atomic E-state index is 13.5. The van der Waals surface area contributed by atoms with Crippen molar-refractivity contribution in [2.24, 2.45) is 4.99 Å². The highest BCUT2D eigenvalue weighted by molar-refractivity contribution is 14.0. The number of benzene rings is 1. The molecule has 0 aliphatic carbocycles.